The van der Waals surface area contributed by atoms with Crippen molar-refractivity contribution in [2.24, 2.45) is 18.9 Å². The zero-order valence-electron chi connectivity index (χ0n) is 27.7. The fraction of sp³-hybridized carbons (Fsp3) is 0.697. The second-order valence-electron chi connectivity index (χ2n) is 13.2. The second kappa shape index (κ2) is 16.2. The first kappa shape index (κ1) is 35.2. The molecule has 1 amide bonds. The molecule has 1 aliphatic carbocycles. The maximum Gasteiger partial charge on any atom is 0.280 e. The van der Waals surface area contributed by atoms with Gasteiger partial charge in [0.25, 0.3) is 15.9 Å². The van der Waals surface area contributed by atoms with Crippen LogP contribution in [0.15, 0.2) is 35.7 Å². The fourth-order valence-electron chi connectivity index (χ4n) is 6.38. The number of benzene rings is 1. The van der Waals surface area contributed by atoms with E-state index >= 15 is 0 Å². The lowest BCUT2D eigenvalue weighted by Crippen LogP contribution is -2.47. The standard InChI is InChI=1S/C33H53N5O6S/c1-24-18-38(25(2)22-39)33(40)29-17-28(35-45(41,42)32-21-37(5)23-34-32)14-15-30(29)44-26(3)11-9-10-16-43-31(24)20-36(4)19-27-12-7-6-8-13-27/h14-15,17,21,23-27,31,35,39H,6-13,16,18-20,22H2,1-5H3/t24-,25+,26-,31-/m1/s1. The van der Waals surface area contributed by atoms with Crippen molar-refractivity contribution < 1.29 is 27.8 Å². The molecule has 0 spiro atoms. The maximum atomic E-state index is 14.3. The number of fused-ring (bicyclic) bond motifs is 1. The van der Waals surface area contributed by atoms with Gasteiger partial charge >= 0.3 is 0 Å². The van der Waals surface area contributed by atoms with Crippen LogP contribution in [-0.4, -0.2) is 96.9 Å². The number of likely N-dealkylation sites (N-methyl/N-ethyl adjacent to an activating group) is 1. The highest BCUT2D eigenvalue weighted by atomic mass is 32.2. The van der Waals surface area contributed by atoms with E-state index in [9.17, 15) is 18.3 Å². The van der Waals surface area contributed by atoms with Crippen molar-refractivity contribution in [2.45, 2.75) is 95.4 Å². The summed E-state index contributed by atoms with van der Waals surface area (Å²) in [5, 5.41) is 10.1. The highest BCUT2D eigenvalue weighted by Gasteiger charge is 2.31. The highest BCUT2D eigenvalue weighted by Crippen LogP contribution is 2.30. The number of nitrogens with one attached hydrogen (secondary N) is 1. The van der Waals surface area contributed by atoms with E-state index in [1.54, 1.807) is 28.6 Å². The molecule has 1 saturated carbocycles. The molecule has 0 bridgehead atoms. The Balaban J connectivity index is 1.61. The smallest absolute Gasteiger partial charge is 0.280 e. The summed E-state index contributed by atoms with van der Waals surface area (Å²) in [5.74, 6) is 0.741. The average Bonchev–Trinajstić information content (AvgIpc) is 3.46. The molecule has 4 atom stereocenters. The molecular weight excluding hydrogens is 594 g/mol. The third-order valence-corrected chi connectivity index (χ3v) is 10.3. The van der Waals surface area contributed by atoms with Crippen LogP contribution in [0, 0.1) is 11.8 Å². The van der Waals surface area contributed by atoms with Crippen LogP contribution in [0.3, 0.4) is 0 Å². The van der Waals surface area contributed by atoms with E-state index in [4.69, 9.17) is 9.47 Å². The number of carbonyl (C=O) groups excluding carboxylic acids is 1. The van der Waals surface area contributed by atoms with E-state index in [-0.39, 0.29) is 46.9 Å². The number of anilines is 1. The number of carbonyl (C=O) groups is 1. The number of imidazole rings is 1. The first-order valence-electron chi connectivity index (χ1n) is 16.5. The summed E-state index contributed by atoms with van der Waals surface area (Å²) in [6.45, 7) is 8.48. The Morgan fingerprint density at radius 3 is 2.53 bits per heavy atom. The lowest BCUT2D eigenvalue weighted by Gasteiger charge is -2.36. The van der Waals surface area contributed by atoms with Crippen molar-refractivity contribution in [1.82, 2.24) is 19.4 Å². The Labute approximate surface area is 269 Å². The molecule has 0 saturated heterocycles. The topological polar surface area (TPSA) is 126 Å². The monoisotopic (exact) mass is 647 g/mol. The normalized spacial score (nSPS) is 23.7. The molecule has 45 heavy (non-hydrogen) atoms. The van der Waals surface area contributed by atoms with Gasteiger partial charge in [-0.15, -0.1) is 0 Å². The fourth-order valence-corrected chi connectivity index (χ4v) is 7.41. The number of hydrogen-bond donors (Lipinski definition) is 2. The number of aryl methyl sites for hydroxylation is 1. The lowest BCUT2D eigenvalue weighted by atomic mass is 9.89. The minimum absolute atomic E-state index is 0.0196. The van der Waals surface area contributed by atoms with E-state index in [1.165, 1.54) is 50.7 Å². The van der Waals surface area contributed by atoms with Gasteiger partial charge in [0.05, 0.1) is 36.7 Å². The Morgan fingerprint density at radius 2 is 1.84 bits per heavy atom. The van der Waals surface area contributed by atoms with Gasteiger partial charge in [-0.05, 0) is 77.1 Å². The van der Waals surface area contributed by atoms with Crippen molar-refractivity contribution in [3.8, 4) is 5.75 Å². The second-order valence-corrected chi connectivity index (χ2v) is 14.8. The van der Waals surface area contributed by atoms with E-state index in [0.717, 1.165) is 32.4 Å². The summed E-state index contributed by atoms with van der Waals surface area (Å²) < 4.78 is 43.0. The summed E-state index contributed by atoms with van der Waals surface area (Å²) in [6, 6.07) is 4.28. The van der Waals surface area contributed by atoms with Crippen molar-refractivity contribution in [3.63, 3.8) is 0 Å². The van der Waals surface area contributed by atoms with Gasteiger partial charge in [-0.2, -0.15) is 8.42 Å². The van der Waals surface area contributed by atoms with Crippen LogP contribution in [-0.2, 0) is 21.8 Å². The van der Waals surface area contributed by atoms with Crippen LogP contribution in [0.5, 0.6) is 5.75 Å². The Kier molecular flexibility index (Phi) is 12.7. The lowest BCUT2D eigenvalue weighted by molar-refractivity contribution is -0.0190. The third-order valence-electron chi connectivity index (χ3n) is 9.05. The van der Waals surface area contributed by atoms with Crippen molar-refractivity contribution >= 4 is 21.6 Å². The number of nitrogens with zero attached hydrogens (tertiary/aromatic N) is 4. The van der Waals surface area contributed by atoms with Gasteiger partial charge in [0.1, 0.15) is 5.75 Å². The van der Waals surface area contributed by atoms with Crippen molar-refractivity contribution in [2.75, 3.05) is 44.6 Å². The number of hydrogen-bond acceptors (Lipinski definition) is 8. The van der Waals surface area contributed by atoms with Gasteiger partial charge in [-0.3, -0.25) is 9.52 Å². The third kappa shape index (κ3) is 9.91. The van der Waals surface area contributed by atoms with Crippen LogP contribution >= 0.6 is 0 Å². The van der Waals surface area contributed by atoms with Crippen molar-refractivity contribution in [3.05, 3.63) is 36.3 Å². The zero-order valence-corrected chi connectivity index (χ0v) is 28.5. The van der Waals surface area contributed by atoms with E-state index in [0.29, 0.717) is 24.8 Å². The molecular formula is C33H53N5O6S. The molecule has 0 radical (unpaired) electrons. The van der Waals surface area contributed by atoms with Gasteiger partial charge in [-0.25, -0.2) is 4.98 Å². The van der Waals surface area contributed by atoms with E-state index in [1.807, 2.05) is 13.8 Å². The summed E-state index contributed by atoms with van der Waals surface area (Å²) in [5.41, 5.74) is 0.458. The van der Waals surface area contributed by atoms with Crippen LogP contribution in [0.4, 0.5) is 5.69 Å². The summed E-state index contributed by atoms with van der Waals surface area (Å²) in [7, 11) is -0.121. The van der Waals surface area contributed by atoms with Gasteiger partial charge in [0, 0.05) is 51.1 Å². The van der Waals surface area contributed by atoms with Crippen LogP contribution in [0.1, 0.15) is 82.5 Å². The van der Waals surface area contributed by atoms with E-state index < -0.39 is 16.1 Å². The Bertz CT molecular complexity index is 1340. The van der Waals surface area contributed by atoms with Gasteiger partial charge in [0.2, 0.25) is 0 Å². The molecule has 2 aliphatic rings. The molecule has 1 aromatic carbocycles. The first-order valence-corrected chi connectivity index (χ1v) is 18.0. The van der Waals surface area contributed by atoms with Gasteiger partial charge in [-0.1, -0.05) is 26.2 Å². The molecule has 1 aromatic heterocycles. The SMILES string of the molecule is C[C@@H]1CCCCO[C@H](CN(C)CC2CCCCC2)[C@H](C)CN([C@@H](C)CO)C(=O)c2cc(NS(=O)(=O)c3cn(C)cn3)ccc2O1. The molecule has 12 heteroatoms. The number of aliphatic hydroxyl groups excluding tert-OH is 1. The summed E-state index contributed by atoms with van der Waals surface area (Å²) >= 11 is 0. The Morgan fingerprint density at radius 1 is 1.11 bits per heavy atom. The molecule has 2 N–H and O–H groups in total. The largest absolute Gasteiger partial charge is 0.490 e. The highest BCUT2D eigenvalue weighted by molar-refractivity contribution is 7.92. The number of sulfonamides is 1. The minimum Gasteiger partial charge on any atom is -0.490 e. The maximum absolute atomic E-state index is 14.3. The van der Waals surface area contributed by atoms with Crippen molar-refractivity contribution in [1.29, 1.82) is 0 Å². The molecule has 1 aliphatic heterocycles. The molecule has 1 fully saturated rings. The summed E-state index contributed by atoms with van der Waals surface area (Å²) in [4.78, 5) is 22.3. The number of rotatable bonds is 9. The minimum atomic E-state index is -3.98. The quantitative estimate of drug-likeness (QED) is 0.407. The van der Waals surface area contributed by atoms with E-state index in [2.05, 4.69) is 28.6 Å². The molecule has 0 unspecified atom stereocenters. The predicted molar refractivity (Wildman–Crippen MR) is 175 cm³/mol. The number of ether oxygens (including phenoxy) is 2. The van der Waals surface area contributed by atoms with Crippen LogP contribution in [0.2, 0.25) is 0 Å². The number of aromatic nitrogens is 2. The zero-order chi connectivity index (χ0) is 32.6. The first-order chi connectivity index (χ1) is 21.5. The van der Waals surface area contributed by atoms with Gasteiger partial charge in [0.15, 0.2) is 5.03 Å². The molecule has 252 valence electrons. The number of amides is 1. The Hall–Kier alpha value is -2.67. The van der Waals surface area contributed by atoms with Crippen LogP contribution in [0.25, 0.3) is 0 Å². The summed E-state index contributed by atoms with van der Waals surface area (Å²) in [6.07, 6.45) is 11.7. The molecule has 4 rings (SSSR count). The molecule has 11 nitrogen and oxygen atoms in total. The molecule has 2 heterocycles. The number of aliphatic hydroxyl groups is 1. The predicted octanol–water partition coefficient (Wildman–Crippen LogP) is 4.53. The van der Waals surface area contributed by atoms with Crippen LogP contribution < -0.4 is 9.46 Å². The van der Waals surface area contributed by atoms with Gasteiger partial charge < -0.3 is 28.9 Å². The average molecular weight is 648 g/mol. The molecule has 2 aromatic rings.